The number of aromatic nitrogens is 2. The molecule has 3 rings (SSSR count). The number of hydrogen-bond acceptors (Lipinski definition) is 4. The normalized spacial score (nSPS) is 18.5. The number of nitrogens with zero attached hydrogens (tertiary/aromatic N) is 3. The molecule has 1 saturated heterocycles. The van der Waals surface area contributed by atoms with E-state index in [1.165, 1.54) is 24.1 Å². The highest BCUT2D eigenvalue weighted by molar-refractivity contribution is 5.92. The summed E-state index contributed by atoms with van der Waals surface area (Å²) in [5.41, 5.74) is 4.18. The van der Waals surface area contributed by atoms with Crippen molar-refractivity contribution in [3.8, 4) is 0 Å². The second kappa shape index (κ2) is 7.44. The molecule has 1 aliphatic heterocycles. The molecule has 0 radical (unpaired) electrons. The molecule has 6 heteroatoms. The van der Waals surface area contributed by atoms with E-state index in [-0.39, 0.29) is 5.91 Å². The molecular formula is C19H28N4O2. The van der Waals surface area contributed by atoms with Gasteiger partial charge in [-0.15, -0.1) is 0 Å². The zero-order valence-electron chi connectivity index (χ0n) is 15.6. The van der Waals surface area contributed by atoms with Crippen LogP contribution in [0.4, 0.5) is 0 Å². The van der Waals surface area contributed by atoms with Gasteiger partial charge in [-0.05, 0) is 44.9 Å². The standard InChI is InChI=1S/C19H28N4O2/c1-5-15-14(13(2)25-21-15)12-23-11-7-6-8-17(23)16-9-10-18(22(16)4)19(24)20-3/h9-10,17H,5-8,11-12H2,1-4H3,(H,20,24)/t17-/m1/s1. The first kappa shape index (κ1) is 17.7. The topological polar surface area (TPSA) is 63.3 Å². The predicted molar refractivity (Wildman–Crippen MR) is 96.4 cm³/mol. The minimum atomic E-state index is -0.0424. The number of aryl methyl sites for hydroxylation is 2. The van der Waals surface area contributed by atoms with E-state index >= 15 is 0 Å². The highest BCUT2D eigenvalue weighted by Crippen LogP contribution is 2.34. The molecule has 2 aromatic rings. The fourth-order valence-electron chi connectivity index (χ4n) is 3.85. The van der Waals surface area contributed by atoms with Gasteiger partial charge in [0.1, 0.15) is 11.5 Å². The van der Waals surface area contributed by atoms with Gasteiger partial charge >= 0.3 is 0 Å². The van der Waals surface area contributed by atoms with E-state index in [2.05, 4.69) is 28.4 Å². The highest BCUT2D eigenvalue weighted by atomic mass is 16.5. The van der Waals surface area contributed by atoms with Gasteiger partial charge in [0.15, 0.2) is 0 Å². The number of nitrogens with one attached hydrogen (secondary N) is 1. The molecule has 1 N–H and O–H groups in total. The average molecular weight is 344 g/mol. The molecule has 1 fully saturated rings. The van der Waals surface area contributed by atoms with Crippen LogP contribution in [0.5, 0.6) is 0 Å². The average Bonchev–Trinajstić information content (AvgIpc) is 3.18. The fourth-order valence-corrected chi connectivity index (χ4v) is 3.85. The van der Waals surface area contributed by atoms with Crippen molar-refractivity contribution >= 4 is 5.91 Å². The van der Waals surface area contributed by atoms with Crippen LogP contribution in [0.15, 0.2) is 16.7 Å². The third-order valence-corrected chi connectivity index (χ3v) is 5.34. The zero-order valence-corrected chi connectivity index (χ0v) is 15.6. The lowest BCUT2D eigenvalue weighted by Gasteiger charge is -2.36. The third-order valence-electron chi connectivity index (χ3n) is 5.34. The summed E-state index contributed by atoms with van der Waals surface area (Å²) in [6, 6.07) is 4.33. The number of piperidine rings is 1. The quantitative estimate of drug-likeness (QED) is 0.906. The number of amides is 1. The Labute approximate surface area is 149 Å². The van der Waals surface area contributed by atoms with Crippen molar-refractivity contribution in [1.29, 1.82) is 0 Å². The van der Waals surface area contributed by atoms with E-state index < -0.39 is 0 Å². The first-order valence-electron chi connectivity index (χ1n) is 9.12. The minimum absolute atomic E-state index is 0.0424. The van der Waals surface area contributed by atoms with Crippen molar-refractivity contribution in [2.45, 2.75) is 52.1 Å². The molecule has 0 bridgehead atoms. The number of hydrogen-bond donors (Lipinski definition) is 1. The first-order chi connectivity index (χ1) is 12.1. The monoisotopic (exact) mass is 344 g/mol. The summed E-state index contributed by atoms with van der Waals surface area (Å²) < 4.78 is 7.44. The number of carbonyl (C=O) groups is 1. The lowest BCUT2D eigenvalue weighted by atomic mass is 9.98. The van der Waals surface area contributed by atoms with Crippen LogP contribution in [-0.2, 0) is 20.0 Å². The van der Waals surface area contributed by atoms with Crippen LogP contribution in [-0.4, -0.2) is 34.1 Å². The molecule has 3 heterocycles. The molecule has 0 saturated carbocycles. The van der Waals surface area contributed by atoms with Gasteiger partial charge in [-0.3, -0.25) is 9.69 Å². The van der Waals surface area contributed by atoms with E-state index in [4.69, 9.17) is 4.52 Å². The van der Waals surface area contributed by atoms with E-state index in [0.29, 0.717) is 11.7 Å². The summed E-state index contributed by atoms with van der Waals surface area (Å²) in [5, 5.41) is 6.91. The van der Waals surface area contributed by atoms with Gasteiger partial charge in [0.25, 0.3) is 5.91 Å². The van der Waals surface area contributed by atoms with Crippen molar-refractivity contribution in [1.82, 2.24) is 19.9 Å². The number of carbonyl (C=O) groups excluding carboxylic acids is 1. The molecule has 0 aromatic carbocycles. The Morgan fingerprint density at radius 3 is 2.92 bits per heavy atom. The summed E-state index contributed by atoms with van der Waals surface area (Å²) in [5.74, 6) is 0.873. The van der Waals surface area contributed by atoms with Crippen molar-refractivity contribution in [3.63, 3.8) is 0 Å². The Morgan fingerprint density at radius 1 is 1.40 bits per heavy atom. The molecule has 1 atom stereocenters. The van der Waals surface area contributed by atoms with Gasteiger partial charge in [-0.1, -0.05) is 18.5 Å². The maximum absolute atomic E-state index is 12.0. The van der Waals surface area contributed by atoms with Crippen LogP contribution in [0.2, 0.25) is 0 Å². The Kier molecular flexibility index (Phi) is 5.27. The molecule has 136 valence electrons. The summed E-state index contributed by atoms with van der Waals surface area (Å²) >= 11 is 0. The second-order valence-electron chi connectivity index (χ2n) is 6.78. The molecule has 0 aliphatic carbocycles. The largest absolute Gasteiger partial charge is 0.361 e. The fraction of sp³-hybridized carbons (Fsp3) is 0.579. The zero-order chi connectivity index (χ0) is 18.0. The Bertz CT molecular complexity index is 747. The van der Waals surface area contributed by atoms with E-state index in [1.807, 2.05) is 24.6 Å². The first-order valence-corrected chi connectivity index (χ1v) is 9.12. The van der Waals surface area contributed by atoms with E-state index in [0.717, 1.165) is 37.4 Å². The summed E-state index contributed by atoms with van der Waals surface area (Å²) in [6.45, 7) is 6.01. The summed E-state index contributed by atoms with van der Waals surface area (Å²) in [7, 11) is 3.65. The third kappa shape index (κ3) is 3.35. The molecule has 1 aliphatic rings. The maximum atomic E-state index is 12.0. The van der Waals surface area contributed by atoms with Crippen molar-refractivity contribution in [3.05, 3.63) is 40.5 Å². The maximum Gasteiger partial charge on any atom is 0.267 e. The van der Waals surface area contributed by atoms with Gasteiger partial charge < -0.3 is 14.4 Å². The lowest BCUT2D eigenvalue weighted by molar-refractivity contribution is 0.0952. The van der Waals surface area contributed by atoms with Crippen LogP contribution < -0.4 is 5.32 Å². The molecule has 0 spiro atoms. The predicted octanol–water partition coefficient (Wildman–Crippen LogP) is 2.97. The van der Waals surface area contributed by atoms with Crippen molar-refractivity contribution in [2.75, 3.05) is 13.6 Å². The van der Waals surface area contributed by atoms with E-state index in [9.17, 15) is 4.79 Å². The number of likely N-dealkylation sites (tertiary alicyclic amines) is 1. The lowest BCUT2D eigenvalue weighted by Crippen LogP contribution is -2.34. The molecule has 6 nitrogen and oxygen atoms in total. The van der Waals surface area contributed by atoms with Crippen LogP contribution in [0.3, 0.4) is 0 Å². The highest BCUT2D eigenvalue weighted by Gasteiger charge is 2.29. The minimum Gasteiger partial charge on any atom is -0.361 e. The second-order valence-corrected chi connectivity index (χ2v) is 6.78. The van der Waals surface area contributed by atoms with E-state index in [1.54, 1.807) is 7.05 Å². The summed E-state index contributed by atoms with van der Waals surface area (Å²) in [6.07, 6.45) is 4.41. The van der Waals surface area contributed by atoms with Gasteiger partial charge in [-0.25, -0.2) is 0 Å². The van der Waals surface area contributed by atoms with Gasteiger partial charge in [0.05, 0.1) is 11.7 Å². The molecule has 1 amide bonds. The van der Waals surface area contributed by atoms with Crippen molar-refractivity contribution in [2.24, 2.45) is 7.05 Å². The van der Waals surface area contributed by atoms with Crippen LogP contribution >= 0.6 is 0 Å². The van der Waals surface area contributed by atoms with Crippen molar-refractivity contribution < 1.29 is 9.32 Å². The Balaban J connectivity index is 1.88. The van der Waals surface area contributed by atoms with Crippen LogP contribution in [0, 0.1) is 6.92 Å². The van der Waals surface area contributed by atoms with Crippen LogP contribution in [0.25, 0.3) is 0 Å². The van der Waals surface area contributed by atoms with Gasteiger partial charge in [0, 0.05) is 31.9 Å². The molecule has 25 heavy (non-hydrogen) atoms. The molecule has 0 unspecified atom stereocenters. The SMILES string of the molecule is CCc1noc(C)c1CN1CCCC[C@@H]1c1ccc(C(=O)NC)n1C. The smallest absolute Gasteiger partial charge is 0.267 e. The van der Waals surface area contributed by atoms with Crippen LogP contribution in [0.1, 0.15) is 65.4 Å². The summed E-state index contributed by atoms with van der Waals surface area (Å²) in [4.78, 5) is 14.5. The van der Waals surface area contributed by atoms with Gasteiger partial charge in [0.2, 0.25) is 0 Å². The molecule has 2 aromatic heterocycles. The molecular weight excluding hydrogens is 316 g/mol. The Morgan fingerprint density at radius 2 is 2.20 bits per heavy atom. The number of rotatable bonds is 5. The van der Waals surface area contributed by atoms with Gasteiger partial charge in [-0.2, -0.15) is 0 Å². The Hall–Kier alpha value is -2.08.